The third-order valence-electron chi connectivity index (χ3n) is 2.97. The lowest BCUT2D eigenvalue weighted by atomic mass is 10.3. The van der Waals surface area contributed by atoms with Crippen LogP contribution in [0.4, 0.5) is 0 Å². The van der Waals surface area contributed by atoms with E-state index in [1.807, 2.05) is 29.8 Å². The monoisotopic (exact) mass is 294 g/mol. The first-order valence-corrected chi connectivity index (χ1v) is 7.60. The average molecular weight is 295 g/mol. The van der Waals surface area contributed by atoms with Gasteiger partial charge >= 0.3 is 0 Å². The van der Waals surface area contributed by atoms with E-state index in [-0.39, 0.29) is 0 Å². The first kappa shape index (κ1) is 12.9. The summed E-state index contributed by atoms with van der Waals surface area (Å²) in [5, 5.41) is 6.04. The van der Waals surface area contributed by atoms with Gasteiger partial charge in [0, 0.05) is 23.7 Å². The van der Waals surface area contributed by atoms with Crippen LogP contribution in [0.5, 0.6) is 5.88 Å². The molecule has 0 unspecified atom stereocenters. The lowest BCUT2D eigenvalue weighted by Gasteiger charge is -2.08. The molecular formula is C14H15ClN2OS. The molecule has 0 atom stereocenters. The molecule has 0 spiro atoms. The van der Waals surface area contributed by atoms with Crippen LogP contribution in [0.15, 0.2) is 29.8 Å². The van der Waals surface area contributed by atoms with Crippen LogP contribution in [0.25, 0.3) is 0 Å². The molecule has 2 aromatic heterocycles. The van der Waals surface area contributed by atoms with Gasteiger partial charge in [0.15, 0.2) is 0 Å². The molecule has 2 heterocycles. The Hall–Kier alpha value is -1.10. The predicted molar refractivity (Wildman–Crippen MR) is 77.8 cm³/mol. The molecule has 19 heavy (non-hydrogen) atoms. The van der Waals surface area contributed by atoms with Gasteiger partial charge in [-0.05, 0) is 35.9 Å². The number of ether oxygens (including phenoxy) is 1. The summed E-state index contributed by atoms with van der Waals surface area (Å²) in [7, 11) is 0. The van der Waals surface area contributed by atoms with Crippen LogP contribution in [0.1, 0.15) is 23.3 Å². The number of halogens is 1. The molecule has 0 aromatic carbocycles. The van der Waals surface area contributed by atoms with Crippen molar-refractivity contribution < 1.29 is 4.74 Å². The summed E-state index contributed by atoms with van der Waals surface area (Å²) in [6.07, 6.45) is 4.39. The van der Waals surface area contributed by atoms with E-state index < -0.39 is 0 Å². The molecule has 100 valence electrons. The smallest absolute Gasteiger partial charge is 0.232 e. The van der Waals surface area contributed by atoms with Crippen molar-refractivity contribution in [3.63, 3.8) is 0 Å². The van der Waals surface area contributed by atoms with E-state index in [1.54, 1.807) is 11.3 Å². The van der Waals surface area contributed by atoms with E-state index in [4.69, 9.17) is 16.3 Å². The van der Waals surface area contributed by atoms with Gasteiger partial charge in [-0.2, -0.15) is 0 Å². The fraction of sp³-hybridized carbons (Fsp3) is 0.357. The number of thiophene rings is 1. The Kier molecular flexibility index (Phi) is 4.01. The fourth-order valence-corrected chi connectivity index (χ4v) is 2.61. The van der Waals surface area contributed by atoms with Crippen molar-refractivity contribution in [1.29, 1.82) is 0 Å². The SMILES string of the molecule is Clc1cc(CNC2CC2)cnc1OCc1cccs1. The van der Waals surface area contributed by atoms with Gasteiger partial charge in [-0.25, -0.2) is 4.98 Å². The maximum atomic E-state index is 6.19. The Morgan fingerprint density at radius 2 is 2.37 bits per heavy atom. The van der Waals surface area contributed by atoms with E-state index >= 15 is 0 Å². The van der Waals surface area contributed by atoms with Crippen molar-refractivity contribution in [1.82, 2.24) is 10.3 Å². The normalized spacial score (nSPS) is 14.6. The number of rotatable bonds is 6. The van der Waals surface area contributed by atoms with Gasteiger partial charge in [0.25, 0.3) is 0 Å². The van der Waals surface area contributed by atoms with E-state index in [9.17, 15) is 0 Å². The molecule has 0 saturated heterocycles. The minimum absolute atomic E-state index is 0.505. The van der Waals surface area contributed by atoms with Crippen LogP contribution in [-0.2, 0) is 13.2 Å². The molecule has 0 radical (unpaired) electrons. The zero-order valence-corrected chi connectivity index (χ0v) is 12.0. The van der Waals surface area contributed by atoms with E-state index in [0.717, 1.165) is 17.0 Å². The Morgan fingerprint density at radius 1 is 1.47 bits per heavy atom. The molecule has 1 fully saturated rings. The highest BCUT2D eigenvalue weighted by Crippen LogP contribution is 2.25. The van der Waals surface area contributed by atoms with Crippen molar-refractivity contribution in [3.8, 4) is 5.88 Å². The molecule has 2 aromatic rings. The lowest BCUT2D eigenvalue weighted by molar-refractivity contribution is 0.297. The second-order valence-corrected chi connectivity index (χ2v) is 6.09. The van der Waals surface area contributed by atoms with Crippen LogP contribution in [-0.4, -0.2) is 11.0 Å². The van der Waals surface area contributed by atoms with Gasteiger partial charge in [-0.15, -0.1) is 11.3 Å². The molecule has 0 aliphatic heterocycles. The quantitative estimate of drug-likeness (QED) is 0.883. The zero-order valence-electron chi connectivity index (χ0n) is 10.4. The number of nitrogens with one attached hydrogen (secondary N) is 1. The largest absolute Gasteiger partial charge is 0.471 e. The highest BCUT2D eigenvalue weighted by molar-refractivity contribution is 7.09. The summed E-state index contributed by atoms with van der Waals surface area (Å²) in [6, 6.07) is 6.65. The van der Waals surface area contributed by atoms with Crippen LogP contribution >= 0.6 is 22.9 Å². The summed E-state index contributed by atoms with van der Waals surface area (Å²) in [4.78, 5) is 5.45. The number of hydrogen-bond donors (Lipinski definition) is 1. The minimum Gasteiger partial charge on any atom is -0.471 e. The van der Waals surface area contributed by atoms with Crippen molar-refractivity contribution in [3.05, 3.63) is 45.2 Å². The maximum absolute atomic E-state index is 6.19. The molecule has 0 bridgehead atoms. The van der Waals surface area contributed by atoms with E-state index in [2.05, 4.69) is 10.3 Å². The lowest BCUT2D eigenvalue weighted by Crippen LogP contribution is -2.15. The van der Waals surface area contributed by atoms with Crippen molar-refractivity contribution in [2.24, 2.45) is 0 Å². The number of pyridine rings is 1. The van der Waals surface area contributed by atoms with E-state index in [1.165, 1.54) is 12.8 Å². The topological polar surface area (TPSA) is 34.2 Å². The highest BCUT2D eigenvalue weighted by Gasteiger charge is 2.20. The predicted octanol–water partition coefficient (Wildman–Crippen LogP) is 3.63. The van der Waals surface area contributed by atoms with Crippen LogP contribution in [0, 0.1) is 0 Å². The Morgan fingerprint density at radius 3 is 3.05 bits per heavy atom. The van der Waals surface area contributed by atoms with Crippen LogP contribution < -0.4 is 10.1 Å². The first-order chi connectivity index (χ1) is 9.31. The van der Waals surface area contributed by atoms with Gasteiger partial charge in [-0.3, -0.25) is 0 Å². The van der Waals surface area contributed by atoms with Crippen LogP contribution in [0.3, 0.4) is 0 Å². The number of nitrogens with zero attached hydrogens (tertiary/aromatic N) is 1. The molecule has 3 rings (SSSR count). The summed E-state index contributed by atoms with van der Waals surface area (Å²) < 4.78 is 5.62. The van der Waals surface area contributed by atoms with Gasteiger partial charge < -0.3 is 10.1 Å². The average Bonchev–Trinajstić information content (AvgIpc) is 3.10. The number of hydrogen-bond acceptors (Lipinski definition) is 4. The Balaban J connectivity index is 1.58. The second kappa shape index (κ2) is 5.90. The molecule has 1 saturated carbocycles. The third-order valence-corrected chi connectivity index (χ3v) is 4.09. The molecule has 3 nitrogen and oxygen atoms in total. The molecule has 1 N–H and O–H groups in total. The maximum Gasteiger partial charge on any atom is 0.232 e. The Bertz CT molecular complexity index is 540. The summed E-state index contributed by atoms with van der Waals surface area (Å²) >= 11 is 7.85. The van der Waals surface area contributed by atoms with Crippen molar-refractivity contribution in [2.75, 3.05) is 0 Å². The van der Waals surface area contributed by atoms with Crippen molar-refractivity contribution >= 4 is 22.9 Å². The Labute approximate surface area is 121 Å². The molecule has 5 heteroatoms. The van der Waals surface area contributed by atoms with Gasteiger partial charge in [0.1, 0.15) is 11.6 Å². The standard InChI is InChI=1S/C14H15ClN2OS/c15-13-6-10(7-16-11-3-4-11)8-17-14(13)18-9-12-2-1-5-19-12/h1-2,5-6,8,11,16H,3-4,7,9H2. The number of aromatic nitrogens is 1. The molecule has 0 amide bonds. The summed E-state index contributed by atoms with van der Waals surface area (Å²) in [5.74, 6) is 0.505. The van der Waals surface area contributed by atoms with Crippen molar-refractivity contribution in [2.45, 2.75) is 32.0 Å². The minimum atomic E-state index is 0.505. The van der Waals surface area contributed by atoms with Gasteiger partial charge in [0.05, 0.1) is 0 Å². The van der Waals surface area contributed by atoms with Crippen LogP contribution in [0.2, 0.25) is 5.02 Å². The fourth-order valence-electron chi connectivity index (χ4n) is 1.75. The first-order valence-electron chi connectivity index (χ1n) is 6.34. The second-order valence-electron chi connectivity index (χ2n) is 4.65. The highest BCUT2D eigenvalue weighted by atomic mass is 35.5. The molecule has 1 aliphatic carbocycles. The summed E-state index contributed by atoms with van der Waals surface area (Å²) in [5.41, 5.74) is 1.10. The molecule has 1 aliphatic rings. The summed E-state index contributed by atoms with van der Waals surface area (Å²) in [6.45, 7) is 1.34. The zero-order chi connectivity index (χ0) is 13.1. The third kappa shape index (κ3) is 3.69. The van der Waals surface area contributed by atoms with Gasteiger partial charge in [-0.1, -0.05) is 17.7 Å². The molecular weight excluding hydrogens is 280 g/mol. The van der Waals surface area contributed by atoms with E-state index in [0.29, 0.717) is 23.6 Å². The van der Waals surface area contributed by atoms with Gasteiger partial charge in [0.2, 0.25) is 5.88 Å².